The standard InChI is InChI=1S/C19H18N6S/c1-2-7-15-14(6-1)16-17(22-12-23-19(16)26-15)21-11-13-5-3-8-20-18(13)25-10-4-9-24-25/h3-5,8-10,12H,1-2,6-7,11H2,(H,21,22,23). The summed E-state index contributed by atoms with van der Waals surface area (Å²) in [7, 11) is 0. The van der Waals surface area contributed by atoms with E-state index in [2.05, 4.69) is 31.4 Å². The smallest absolute Gasteiger partial charge is 0.158 e. The Morgan fingerprint density at radius 1 is 1.08 bits per heavy atom. The molecule has 1 aliphatic carbocycles. The van der Waals surface area contributed by atoms with Gasteiger partial charge in [0.15, 0.2) is 5.82 Å². The van der Waals surface area contributed by atoms with Crippen molar-refractivity contribution < 1.29 is 0 Å². The fourth-order valence-electron chi connectivity index (χ4n) is 3.57. The lowest BCUT2D eigenvalue weighted by Crippen LogP contribution is -2.09. The van der Waals surface area contributed by atoms with Crippen LogP contribution in [0.25, 0.3) is 16.0 Å². The van der Waals surface area contributed by atoms with Gasteiger partial charge in [0.25, 0.3) is 0 Å². The van der Waals surface area contributed by atoms with Gasteiger partial charge >= 0.3 is 0 Å². The number of fused-ring (bicyclic) bond motifs is 3. The Bertz CT molecular complexity index is 1050. The van der Waals surface area contributed by atoms with Crippen molar-refractivity contribution in [1.82, 2.24) is 24.7 Å². The molecule has 0 fully saturated rings. The van der Waals surface area contributed by atoms with Gasteiger partial charge < -0.3 is 5.32 Å². The van der Waals surface area contributed by atoms with Crippen molar-refractivity contribution in [3.8, 4) is 5.82 Å². The Balaban J connectivity index is 1.49. The Labute approximate surface area is 155 Å². The molecule has 0 amide bonds. The largest absolute Gasteiger partial charge is 0.365 e. The summed E-state index contributed by atoms with van der Waals surface area (Å²) in [5.41, 5.74) is 2.52. The average molecular weight is 362 g/mol. The van der Waals surface area contributed by atoms with Crippen molar-refractivity contribution >= 4 is 27.4 Å². The molecule has 0 bridgehead atoms. The number of nitrogens with zero attached hydrogens (tertiary/aromatic N) is 5. The maximum absolute atomic E-state index is 4.54. The summed E-state index contributed by atoms with van der Waals surface area (Å²) in [6, 6.07) is 5.92. The van der Waals surface area contributed by atoms with E-state index in [1.807, 2.05) is 29.7 Å². The van der Waals surface area contributed by atoms with Crippen LogP contribution >= 0.6 is 11.3 Å². The summed E-state index contributed by atoms with van der Waals surface area (Å²) in [6.07, 6.45) is 11.9. The lowest BCUT2D eigenvalue weighted by molar-refractivity contribution is 0.700. The van der Waals surface area contributed by atoms with E-state index in [0.717, 1.165) is 28.5 Å². The van der Waals surface area contributed by atoms with Crippen molar-refractivity contribution in [1.29, 1.82) is 0 Å². The molecule has 0 radical (unpaired) electrons. The first-order valence-corrected chi connectivity index (χ1v) is 9.65. The fraction of sp³-hybridized carbons (Fsp3) is 0.263. The molecule has 0 unspecified atom stereocenters. The van der Waals surface area contributed by atoms with Crippen LogP contribution < -0.4 is 5.32 Å². The third kappa shape index (κ3) is 2.64. The highest BCUT2D eigenvalue weighted by Gasteiger charge is 2.20. The molecule has 26 heavy (non-hydrogen) atoms. The zero-order chi connectivity index (χ0) is 17.3. The molecule has 1 aliphatic rings. The predicted octanol–water partition coefficient (Wildman–Crippen LogP) is 3.76. The second kappa shape index (κ2) is 6.49. The molecule has 0 spiro atoms. The van der Waals surface area contributed by atoms with Crippen LogP contribution in [-0.4, -0.2) is 24.7 Å². The molecular weight excluding hydrogens is 344 g/mol. The SMILES string of the molecule is c1cnc(-n2cccn2)c(CNc2ncnc3sc4c(c23)CCCC4)c1. The highest BCUT2D eigenvalue weighted by atomic mass is 32.1. The van der Waals surface area contributed by atoms with E-state index in [4.69, 9.17) is 0 Å². The van der Waals surface area contributed by atoms with Crippen molar-refractivity contribution in [3.05, 3.63) is 59.1 Å². The minimum Gasteiger partial charge on any atom is -0.365 e. The van der Waals surface area contributed by atoms with E-state index in [-0.39, 0.29) is 0 Å². The van der Waals surface area contributed by atoms with Gasteiger partial charge in [0.2, 0.25) is 0 Å². The number of thiophene rings is 1. The maximum Gasteiger partial charge on any atom is 0.158 e. The number of pyridine rings is 1. The van der Waals surface area contributed by atoms with Crippen LogP contribution in [0.2, 0.25) is 0 Å². The Kier molecular flexibility index (Phi) is 3.86. The van der Waals surface area contributed by atoms with E-state index in [9.17, 15) is 0 Å². The van der Waals surface area contributed by atoms with Gasteiger partial charge in [-0.2, -0.15) is 5.10 Å². The molecule has 4 aromatic heterocycles. The predicted molar refractivity (Wildman–Crippen MR) is 103 cm³/mol. The summed E-state index contributed by atoms with van der Waals surface area (Å²) in [5, 5.41) is 9.03. The molecule has 4 aromatic rings. The molecule has 0 aromatic carbocycles. The van der Waals surface area contributed by atoms with Crippen molar-refractivity contribution in [2.75, 3.05) is 5.32 Å². The monoisotopic (exact) mass is 362 g/mol. The molecular formula is C19H18N6S. The Morgan fingerprint density at radius 2 is 2.04 bits per heavy atom. The highest BCUT2D eigenvalue weighted by Crippen LogP contribution is 2.38. The van der Waals surface area contributed by atoms with Gasteiger partial charge in [-0.3, -0.25) is 0 Å². The van der Waals surface area contributed by atoms with Gasteiger partial charge in [-0.15, -0.1) is 11.3 Å². The Morgan fingerprint density at radius 3 is 2.96 bits per heavy atom. The molecule has 0 saturated carbocycles. The molecule has 0 atom stereocenters. The van der Waals surface area contributed by atoms with Crippen molar-refractivity contribution in [3.63, 3.8) is 0 Å². The first-order valence-electron chi connectivity index (χ1n) is 8.83. The van der Waals surface area contributed by atoms with Crippen molar-refractivity contribution in [2.45, 2.75) is 32.2 Å². The lowest BCUT2D eigenvalue weighted by Gasteiger charge is -2.13. The van der Waals surface area contributed by atoms with E-state index in [0.29, 0.717) is 6.54 Å². The third-order valence-corrected chi connectivity index (χ3v) is 5.99. The van der Waals surface area contributed by atoms with E-state index in [1.54, 1.807) is 23.4 Å². The van der Waals surface area contributed by atoms with Gasteiger partial charge in [0.05, 0.1) is 5.39 Å². The number of nitrogens with one attached hydrogen (secondary N) is 1. The van der Waals surface area contributed by atoms with Gasteiger partial charge in [-0.1, -0.05) is 6.07 Å². The molecule has 7 heteroatoms. The van der Waals surface area contributed by atoms with E-state index in [1.165, 1.54) is 35.1 Å². The summed E-state index contributed by atoms with van der Waals surface area (Å²) in [5.74, 6) is 1.76. The summed E-state index contributed by atoms with van der Waals surface area (Å²) >= 11 is 1.82. The highest BCUT2D eigenvalue weighted by molar-refractivity contribution is 7.19. The molecule has 1 N–H and O–H groups in total. The zero-order valence-electron chi connectivity index (χ0n) is 14.2. The average Bonchev–Trinajstić information content (AvgIpc) is 3.34. The quantitative estimate of drug-likeness (QED) is 0.599. The molecule has 6 nitrogen and oxygen atoms in total. The van der Waals surface area contributed by atoms with Crippen molar-refractivity contribution in [2.24, 2.45) is 0 Å². The van der Waals surface area contributed by atoms with Crippen LogP contribution in [0.5, 0.6) is 0 Å². The first kappa shape index (κ1) is 15.5. The van der Waals surface area contributed by atoms with Gasteiger partial charge in [-0.25, -0.2) is 19.6 Å². The minimum atomic E-state index is 0.639. The normalized spacial score (nSPS) is 13.7. The second-order valence-electron chi connectivity index (χ2n) is 6.40. The number of hydrogen-bond donors (Lipinski definition) is 1. The Hall–Kier alpha value is -2.80. The number of rotatable bonds is 4. The van der Waals surface area contributed by atoms with E-state index < -0.39 is 0 Å². The van der Waals surface area contributed by atoms with Crippen LogP contribution in [0.1, 0.15) is 28.8 Å². The molecule has 130 valence electrons. The van der Waals surface area contributed by atoms with Gasteiger partial charge in [0, 0.05) is 35.6 Å². The van der Waals surface area contributed by atoms with E-state index >= 15 is 0 Å². The van der Waals surface area contributed by atoms with Crippen LogP contribution in [-0.2, 0) is 19.4 Å². The number of aromatic nitrogens is 5. The van der Waals surface area contributed by atoms with Crippen LogP contribution in [0.15, 0.2) is 43.1 Å². The summed E-state index contributed by atoms with van der Waals surface area (Å²) < 4.78 is 1.79. The minimum absolute atomic E-state index is 0.639. The molecule has 5 rings (SSSR count). The second-order valence-corrected chi connectivity index (χ2v) is 7.49. The summed E-state index contributed by atoms with van der Waals surface area (Å²) in [6.45, 7) is 0.639. The van der Waals surface area contributed by atoms with Crippen LogP contribution in [0, 0.1) is 0 Å². The number of hydrogen-bond acceptors (Lipinski definition) is 6. The molecule has 0 aliphatic heterocycles. The van der Waals surface area contributed by atoms with Gasteiger partial charge in [0.1, 0.15) is 17.0 Å². The first-order chi connectivity index (χ1) is 12.9. The summed E-state index contributed by atoms with van der Waals surface area (Å²) in [4.78, 5) is 16.1. The van der Waals surface area contributed by atoms with Gasteiger partial charge in [-0.05, 0) is 43.4 Å². The van der Waals surface area contributed by atoms with Crippen LogP contribution in [0.4, 0.5) is 5.82 Å². The topological polar surface area (TPSA) is 68.5 Å². The molecule has 0 saturated heterocycles. The van der Waals surface area contributed by atoms with Crippen LogP contribution in [0.3, 0.4) is 0 Å². The molecule has 4 heterocycles. The third-order valence-electron chi connectivity index (χ3n) is 4.79. The maximum atomic E-state index is 4.54. The lowest BCUT2D eigenvalue weighted by atomic mass is 9.97. The number of aryl methyl sites for hydroxylation is 2. The number of anilines is 1. The zero-order valence-corrected chi connectivity index (χ0v) is 15.0. The fourth-order valence-corrected chi connectivity index (χ4v) is 4.80.